The van der Waals surface area contributed by atoms with Crippen LogP contribution in [0.3, 0.4) is 0 Å². The van der Waals surface area contributed by atoms with Crippen LogP contribution < -0.4 is 10.1 Å². The fourth-order valence-corrected chi connectivity index (χ4v) is 1.67. The first kappa shape index (κ1) is 13.1. The van der Waals surface area contributed by atoms with Gasteiger partial charge in [0.25, 0.3) is 0 Å². The number of benzene rings is 1. The van der Waals surface area contributed by atoms with Gasteiger partial charge in [-0.3, -0.25) is 0 Å². The Kier molecular flexibility index (Phi) is 4.37. The van der Waals surface area contributed by atoms with Crippen molar-refractivity contribution in [1.29, 1.82) is 0 Å². The van der Waals surface area contributed by atoms with Crippen LogP contribution in [0, 0.1) is 5.82 Å². The van der Waals surface area contributed by atoms with Gasteiger partial charge in [-0.15, -0.1) is 0 Å². The van der Waals surface area contributed by atoms with Crippen molar-refractivity contribution in [3.05, 3.63) is 41.7 Å². The summed E-state index contributed by atoms with van der Waals surface area (Å²) in [6, 6.07) is 5.67. The number of ether oxygens (including phenoxy) is 1. The largest absolute Gasteiger partial charge is 0.486 e. The van der Waals surface area contributed by atoms with Gasteiger partial charge in [-0.1, -0.05) is 25.6 Å². The summed E-state index contributed by atoms with van der Waals surface area (Å²) >= 11 is 0. The highest BCUT2D eigenvalue weighted by Gasteiger charge is 2.21. The molecule has 3 heteroatoms. The number of halogens is 1. The highest BCUT2D eigenvalue weighted by molar-refractivity contribution is 5.35. The van der Waals surface area contributed by atoms with Crippen LogP contribution in [0.15, 0.2) is 30.4 Å². The van der Waals surface area contributed by atoms with E-state index >= 15 is 0 Å². The van der Waals surface area contributed by atoms with Gasteiger partial charge in [-0.2, -0.15) is 0 Å². The molecule has 0 aromatic heterocycles. The Bertz CT molecular complexity index is 427. The average Bonchev–Trinajstić information content (AvgIpc) is 3.18. The van der Waals surface area contributed by atoms with Gasteiger partial charge in [-0.05, 0) is 30.9 Å². The Balaban J connectivity index is 2.02. The first-order valence-electron chi connectivity index (χ1n) is 6.51. The molecule has 1 aromatic rings. The van der Waals surface area contributed by atoms with Crippen LogP contribution in [0.1, 0.15) is 31.7 Å². The summed E-state index contributed by atoms with van der Waals surface area (Å²) in [6.07, 6.45) is 3.29. The maximum Gasteiger partial charge on any atom is 0.165 e. The zero-order chi connectivity index (χ0) is 13.0. The highest BCUT2D eigenvalue weighted by atomic mass is 19.1. The van der Waals surface area contributed by atoms with Crippen molar-refractivity contribution in [3.63, 3.8) is 0 Å². The van der Waals surface area contributed by atoms with Crippen molar-refractivity contribution >= 4 is 0 Å². The topological polar surface area (TPSA) is 21.3 Å². The van der Waals surface area contributed by atoms with E-state index < -0.39 is 0 Å². The molecule has 0 amide bonds. The molecule has 0 atom stereocenters. The standard InChI is InChI=1S/C15H20FNO/c1-3-11(2)10-18-15-12(5-4-6-14(15)16)9-17-13-7-8-13/h4-6,13,17H,2-3,7-10H2,1H3. The summed E-state index contributed by atoms with van der Waals surface area (Å²) in [5.41, 5.74) is 1.85. The highest BCUT2D eigenvalue weighted by Crippen LogP contribution is 2.25. The van der Waals surface area contributed by atoms with Crippen LogP contribution in [-0.2, 0) is 6.54 Å². The average molecular weight is 249 g/mol. The summed E-state index contributed by atoms with van der Waals surface area (Å²) in [5, 5.41) is 3.37. The second-order valence-corrected chi connectivity index (χ2v) is 4.78. The zero-order valence-electron chi connectivity index (χ0n) is 10.8. The van der Waals surface area contributed by atoms with Crippen LogP contribution in [-0.4, -0.2) is 12.6 Å². The van der Waals surface area contributed by atoms with Crippen molar-refractivity contribution in [2.45, 2.75) is 38.8 Å². The fraction of sp³-hybridized carbons (Fsp3) is 0.467. The molecule has 1 aliphatic rings. The van der Waals surface area contributed by atoms with E-state index in [9.17, 15) is 4.39 Å². The quantitative estimate of drug-likeness (QED) is 0.748. The maximum absolute atomic E-state index is 13.8. The minimum Gasteiger partial charge on any atom is -0.486 e. The van der Waals surface area contributed by atoms with E-state index in [0.29, 0.717) is 24.9 Å². The molecule has 1 saturated carbocycles. The maximum atomic E-state index is 13.8. The zero-order valence-corrected chi connectivity index (χ0v) is 10.8. The van der Waals surface area contributed by atoms with Crippen LogP contribution >= 0.6 is 0 Å². The number of hydrogen-bond donors (Lipinski definition) is 1. The number of nitrogens with one attached hydrogen (secondary N) is 1. The number of para-hydroxylation sites is 1. The molecule has 1 fully saturated rings. The molecular weight excluding hydrogens is 229 g/mol. The van der Waals surface area contributed by atoms with Gasteiger partial charge in [0.2, 0.25) is 0 Å². The molecule has 1 aliphatic carbocycles. The first-order valence-corrected chi connectivity index (χ1v) is 6.51. The number of rotatable bonds is 7. The third-order valence-electron chi connectivity index (χ3n) is 3.13. The van der Waals surface area contributed by atoms with Gasteiger partial charge >= 0.3 is 0 Å². The Hall–Kier alpha value is -1.35. The molecule has 0 radical (unpaired) electrons. The summed E-state index contributed by atoms with van der Waals surface area (Å²) in [4.78, 5) is 0. The second kappa shape index (κ2) is 6.01. The van der Waals surface area contributed by atoms with E-state index in [1.54, 1.807) is 6.07 Å². The van der Waals surface area contributed by atoms with Crippen molar-refractivity contribution in [2.24, 2.45) is 0 Å². The molecule has 0 heterocycles. The van der Waals surface area contributed by atoms with Crippen LogP contribution in [0.2, 0.25) is 0 Å². The fourth-order valence-electron chi connectivity index (χ4n) is 1.67. The normalized spacial score (nSPS) is 14.6. The molecule has 0 spiro atoms. The van der Waals surface area contributed by atoms with Crippen molar-refractivity contribution in [1.82, 2.24) is 5.32 Å². The lowest BCUT2D eigenvalue weighted by atomic mass is 10.2. The Morgan fingerprint density at radius 1 is 1.50 bits per heavy atom. The monoisotopic (exact) mass is 249 g/mol. The van der Waals surface area contributed by atoms with Gasteiger partial charge in [0.1, 0.15) is 6.61 Å². The molecule has 1 N–H and O–H groups in total. The van der Waals surface area contributed by atoms with Gasteiger partial charge < -0.3 is 10.1 Å². The van der Waals surface area contributed by atoms with E-state index in [1.807, 2.05) is 13.0 Å². The van der Waals surface area contributed by atoms with Gasteiger partial charge in [-0.25, -0.2) is 4.39 Å². The molecule has 18 heavy (non-hydrogen) atoms. The molecule has 0 saturated heterocycles. The molecule has 2 nitrogen and oxygen atoms in total. The van der Waals surface area contributed by atoms with E-state index in [-0.39, 0.29) is 5.82 Å². The molecule has 0 unspecified atom stereocenters. The lowest BCUT2D eigenvalue weighted by molar-refractivity contribution is 0.324. The van der Waals surface area contributed by atoms with Crippen LogP contribution in [0.4, 0.5) is 4.39 Å². The molecule has 0 bridgehead atoms. The Morgan fingerprint density at radius 3 is 2.94 bits per heavy atom. The minimum absolute atomic E-state index is 0.297. The number of hydrogen-bond acceptors (Lipinski definition) is 2. The van der Waals surface area contributed by atoms with Crippen molar-refractivity contribution in [2.75, 3.05) is 6.61 Å². The van der Waals surface area contributed by atoms with E-state index in [0.717, 1.165) is 17.6 Å². The van der Waals surface area contributed by atoms with E-state index in [4.69, 9.17) is 4.74 Å². The van der Waals surface area contributed by atoms with E-state index in [1.165, 1.54) is 18.9 Å². The van der Waals surface area contributed by atoms with Crippen LogP contribution in [0.5, 0.6) is 5.75 Å². The molecule has 98 valence electrons. The van der Waals surface area contributed by atoms with Crippen LogP contribution in [0.25, 0.3) is 0 Å². The predicted molar refractivity (Wildman–Crippen MR) is 71.2 cm³/mol. The van der Waals surface area contributed by atoms with Gasteiger partial charge in [0, 0.05) is 18.2 Å². The SMILES string of the molecule is C=C(CC)COc1c(F)cccc1CNC1CC1. The second-order valence-electron chi connectivity index (χ2n) is 4.78. The van der Waals surface area contributed by atoms with Gasteiger partial charge in [0.05, 0.1) is 0 Å². The third kappa shape index (κ3) is 3.57. The lowest BCUT2D eigenvalue weighted by Gasteiger charge is -2.13. The summed E-state index contributed by atoms with van der Waals surface area (Å²) in [5.74, 6) is 0.0641. The Morgan fingerprint density at radius 2 is 2.28 bits per heavy atom. The van der Waals surface area contributed by atoms with E-state index in [2.05, 4.69) is 11.9 Å². The molecule has 2 rings (SSSR count). The lowest BCUT2D eigenvalue weighted by Crippen LogP contribution is -2.16. The first-order chi connectivity index (χ1) is 8.70. The minimum atomic E-state index is -0.297. The van der Waals surface area contributed by atoms with Crippen molar-refractivity contribution in [3.8, 4) is 5.75 Å². The predicted octanol–water partition coefficient (Wildman–Crippen LogP) is 3.42. The summed E-state index contributed by atoms with van der Waals surface area (Å²) in [6.45, 7) is 6.93. The molecular formula is C15H20FNO. The van der Waals surface area contributed by atoms with Crippen molar-refractivity contribution < 1.29 is 9.13 Å². The summed E-state index contributed by atoms with van der Waals surface area (Å²) < 4.78 is 19.3. The molecule has 0 aliphatic heterocycles. The van der Waals surface area contributed by atoms with Gasteiger partial charge in [0.15, 0.2) is 11.6 Å². The summed E-state index contributed by atoms with van der Waals surface area (Å²) in [7, 11) is 0. The smallest absolute Gasteiger partial charge is 0.165 e. The Labute approximate surface area is 108 Å². The third-order valence-corrected chi connectivity index (χ3v) is 3.13. The molecule has 1 aromatic carbocycles.